The van der Waals surface area contributed by atoms with Gasteiger partial charge in [0.2, 0.25) is 10.0 Å². The summed E-state index contributed by atoms with van der Waals surface area (Å²) in [6, 6.07) is 2.87. The van der Waals surface area contributed by atoms with E-state index >= 15 is 0 Å². The fourth-order valence-corrected chi connectivity index (χ4v) is 7.34. The van der Waals surface area contributed by atoms with Crippen LogP contribution in [0.2, 0.25) is 0 Å². The van der Waals surface area contributed by atoms with Crippen LogP contribution >= 0.6 is 11.3 Å². The third-order valence-corrected chi connectivity index (χ3v) is 9.79. The lowest BCUT2D eigenvalue weighted by molar-refractivity contribution is -0.114. The van der Waals surface area contributed by atoms with Crippen molar-refractivity contribution < 1.29 is 13.2 Å². The Kier molecular flexibility index (Phi) is 5.44. The Hall–Kier alpha value is -0.470. The standard InChI is InChI=1S/C20H32N2O3S2/c1-4-17-10-18-19(26-17)6-9-25-20(18)7-8-21(15(3)11-20)12-16-13-22(14-16)27(23,24)5-2/h10,15-16H,4-9,11-14H2,1-3H3. The summed E-state index contributed by atoms with van der Waals surface area (Å²) in [5, 5.41) is 0. The average molecular weight is 413 g/mol. The largest absolute Gasteiger partial charge is 0.370 e. The molecule has 0 N–H and O–H groups in total. The van der Waals surface area contributed by atoms with Crippen LogP contribution in [0.1, 0.15) is 48.9 Å². The number of nitrogens with zero attached hydrogens (tertiary/aromatic N) is 2. The zero-order valence-electron chi connectivity index (χ0n) is 16.7. The Bertz CT molecular complexity index is 785. The van der Waals surface area contributed by atoms with Crippen molar-refractivity contribution in [3.05, 3.63) is 21.4 Å². The first-order valence-corrected chi connectivity index (χ1v) is 12.8. The molecule has 2 unspecified atom stereocenters. The van der Waals surface area contributed by atoms with E-state index in [1.165, 1.54) is 15.3 Å². The lowest BCUT2D eigenvalue weighted by Crippen LogP contribution is -2.57. The van der Waals surface area contributed by atoms with Crippen LogP contribution in [-0.2, 0) is 33.2 Å². The Morgan fingerprint density at radius 1 is 1.33 bits per heavy atom. The maximum atomic E-state index is 11.9. The van der Waals surface area contributed by atoms with Crippen LogP contribution in [0.5, 0.6) is 0 Å². The molecule has 4 rings (SSSR count). The maximum absolute atomic E-state index is 11.9. The minimum Gasteiger partial charge on any atom is -0.370 e. The summed E-state index contributed by atoms with van der Waals surface area (Å²) < 4.78 is 31.9. The van der Waals surface area contributed by atoms with Crippen molar-refractivity contribution in [1.29, 1.82) is 0 Å². The van der Waals surface area contributed by atoms with Gasteiger partial charge < -0.3 is 9.64 Å². The first kappa shape index (κ1) is 19.8. The van der Waals surface area contributed by atoms with Crippen LogP contribution in [-0.4, -0.2) is 62.2 Å². The second kappa shape index (κ2) is 7.41. The van der Waals surface area contributed by atoms with E-state index in [2.05, 4.69) is 24.8 Å². The van der Waals surface area contributed by atoms with Gasteiger partial charge in [-0.2, -0.15) is 0 Å². The number of hydrogen-bond acceptors (Lipinski definition) is 5. The molecule has 5 nitrogen and oxygen atoms in total. The first-order chi connectivity index (χ1) is 12.9. The van der Waals surface area contributed by atoms with Crippen molar-refractivity contribution in [3.8, 4) is 0 Å². The number of thiophene rings is 1. The van der Waals surface area contributed by atoms with Crippen molar-refractivity contribution >= 4 is 21.4 Å². The van der Waals surface area contributed by atoms with E-state index in [1.54, 1.807) is 11.2 Å². The molecule has 0 bridgehead atoms. The van der Waals surface area contributed by atoms with Crippen molar-refractivity contribution in [3.63, 3.8) is 0 Å². The van der Waals surface area contributed by atoms with Gasteiger partial charge in [-0.1, -0.05) is 6.92 Å². The molecule has 1 aromatic heterocycles. The summed E-state index contributed by atoms with van der Waals surface area (Å²) in [6.45, 7) is 10.5. The third-order valence-electron chi connectivity index (χ3n) is 6.63. The van der Waals surface area contributed by atoms with Crippen molar-refractivity contribution in [2.24, 2.45) is 5.92 Å². The molecule has 0 radical (unpaired) electrons. The molecule has 0 saturated carbocycles. The van der Waals surface area contributed by atoms with Gasteiger partial charge in [-0.15, -0.1) is 11.3 Å². The SMILES string of the molecule is CCc1cc2c(s1)CCOC21CCN(CC2CN(S(=O)(=O)CC)C2)C(C)C1. The van der Waals surface area contributed by atoms with Crippen LogP contribution in [0.3, 0.4) is 0 Å². The number of sulfonamides is 1. The Labute approximate surface area is 167 Å². The predicted octanol–water partition coefficient (Wildman–Crippen LogP) is 2.84. The van der Waals surface area contributed by atoms with Crippen LogP contribution in [0, 0.1) is 5.92 Å². The number of ether oxygens (including phenoxy) is 1. The summed E-state index contributed by atoms with van der Waals surface area (Å²) in [6.07, 6.45) is 4.26. The molecule has 3 aliphatic heterocycles. The molecule has 7 heteroatoms. The molecule has 2 atom stereocenters. The minimum absolute atomic E-state index is 0.0926. The van der Waals surface area contributed by atoms with Gasteiger partial charge in [-0.25, -0.2) is 12.7 Å². The Balaban J connectivity index is 1.39. The van der Waals surface area contributed by atoms with Gasteiger partial charge in [-0.05, 0) is 50.7 Å². The Morgan fingerprint density at radius 3 is 2.78 bits per heavy atom. The summed E-state index contributed by atoms with van der Waals surface area (Å²) >= 11 is 1.98. The molecule has 2 fully saturated rings. The van der Waals surface area contributed by atoms with Gasteiger partial charge in [0.25, 0.3) is 0 Å². The molecular weight excluding hydrogens is 380 g/mol. The molecule has 1 spiro atoms. The van der Waals surface area contributed by atoms with E-state index in [-0.39, 0.29) is 11.4 Å². The molecule has 1 aromatic rings. The molecule has 3 aliphatic rings. The summed E-state index contributed by atoms with van der Waals surface area (Å²) in [5.74, 6) is 0.682. The van der Waals surface area contributed by atoms with Gasteiger partial charge >= 0.3 is 0 Å². The number of hydrogen-bond donors (Lipinski definition) is 0. The second-order valence-corrected chi connectivity index (χ2v) is 11.9. The molecule has 0 aliphatic carbocycles. The Morgan fingerprint density at radius 2 is 2.11 bits per heavy atom. The summed E-state index contributed by atoms with van der Waals surface area (Å²) in [7, 11) is -3.01. The van der Waals surface area contributed by atoms with E-state index in [0.717, 1.165) is 45.4 Å². The highest BCUT2D eigenvalue weighted by Crippen LogP contribution is 2.46. The van der Waals surface area contributed by atoms with Crippen molar-refractivity contribution in [1.82, 2.24) is 9.21 Å². The fraction of sp³-hybridized carbons (Fsp3) is 0.800. The van der Waals surface area contributed by atoms with Crippen LogP contribution in [0.25, 0.3) is 0 Å². The van der Waals surface area contributed by atoms with Gasteiger partial charge in [0.1, 0.15) is 0 Å². The van der Waals surface area contributed by atoms with Crippen molar-refractivity contribution in [2.45, 2.75) is 58.1 Å². The van der Waals surface area contributed by atoms with Gasteiger partial charge in [-0.3, -0.25) is 0 Å². The van der Waals surface area contributed by atoms with Crippen LogP contribution < -0.4 is 0 Å². The van der Waals surface area contributed by atoms with Gasteiger partial charge in [0, 0.05) is 48.4 Å². The minimum atomic E-state index is -3.01. The molecule has 4 heterocycles. The van der Waals surface area contributed by atoms with E-state index in [9.17, 15) is 8.42 Å². The average Bonchev–Trinajstić information content (AvgIpc) is 3.04. The van der Waals surface area contributed by atoms with E-state index < -0.39 is 10.0 Å². The highest BCUT2D eigenvalue weighted by molar-refractivity contribution is 7.89. The second-order valence-electron chi connectivity index (χ2n) is 8.38. The monoisotopic (exact) mass is 412 g/mol. The fourth-order valence-electron chi connectivity index (χ4n) is 4.93. The highest BCUT2D eigenvalue weighted by atomic mass is 32.2. The molecule has 27 heavy (non-hydrogen) atoms. The predicted molar refractivity (Wildman–Crippen MR) is 110 cm³/mol. The van der Waals surface area contributed by atoms with Crippen LogP contribution in [0.15, 0.2) is 6.07 Å². The highest BCUT2D eigenvalue weighted by Gasteiger charge is 2.45. The first-order valence-electron chi connectivity index (χ1n) is 10.3. The quantitative estimate of drug-likeness (QED) is 0.746. The van der Waals surface area contributed by atoms with Crippen molar-refractivity contribution in [2.75, 3.05) is 38.5 Å². The van der Waals surface area contributed by atoms with Gasteiger partial charge in [0.05, 0.1) is 18.0 Å². The third kappa shape index (κ3) is 3.62. The topological polar surface area (TPSA) is 49.9 Å². The van der Waals surface area contributed by atoms with E-state index in [0.29, 0.717) is 25.0 Å². The lowest BCUT2D eigenvalue weighted by atomic mass is 9.79. The number of aryl methyl sites for hydroxylation is 1. The zero-order chi connectivity index (χ0) is 19.2. The maximum Gasteiger partial charge on any atom is 0.213 e. The smallest absolute Gasteiger partial charge is 0.213 e. The van der Waals surface area contributed by atoms with Gasteiger partial charge in [0.15, 0.2) is 0 Å². The normalized spacial score (nSPS) is 30.4. The molecular formula is C20H32N2O3S2. The lowest BCUT2D eigenvalue weighted by Gasteiger charge is -2.49. The number of rotatable bonds is 5. The molecule has 2 saturated heterocycles. The molecule has 0 aromatic carbocycles. The van der Waals surface area contributed by atoms with E-state index in [4.69, 9.17) is 4.74 Å². The zero-order valence-corrected chi connectivity index (χ0v) is 18.4. The summed E-state index contributed by atoms with van der Waals surface area (Å²) in [4.78, 5) is 5.57. The molecule has 152 valence electrons. The number of fused-ring (bicyclic) bond motifs is 2. The molecule has 0 amide bonds. The summed E-state index contributed by atoms with van der Waals surface area (Å²) in [5.41, 5.74) is 1.37. The van der Waals surface area contributed by atoms with Crippen LogP contribution in [0.4, 0.5) is 0 Å². The number of likely N-dealkylation sites (tertiary alicyclic amines) is 1. The van der Waals surface area contributed by atoms with E-state index in [1.807, 2.05) is 11.3 Å². The number of piperidine rings is 1.